The van der Waals surface area contributed by atoms with Crippen molar-refractivity contribution in [3.63, 3.8) is 0 Å². The number of carbonyl (C=O) groups is 1. The van der Waals surface area contributed by atoms with Gasteiger partial charge in [-0.3, -0.25) is 4.79 Å². The number of amides is 1. The lowest BCUT2D eigenvalue weighted by atomic mass is 10.0. The molecule has 1 atom stereocenters. The molecular weight excluding hydrogens is 354 g/mol. The number of ether oxygens (including phenoxy) is 2. The minimum absolute atomic E-state index is 0.0339. The second-order valence-electron chi connectivity index (χ2n) is 6.94. The molecule has 0 aliphatic heterocycles. The number of aromatic nitrogens is 1. The Labute approximate surface area is 165 Å². The van der Waals surface area contributed by atoms with Crippen molar-refractivity contribution in [1.82, 2.24) is 14.8 Å². The van der Waals surface area contributed by atoms with Crippen molar-refractivity contribution >= 4 is 16.8 Å². The van der Waals surface area contributed by atoms with Gasteiger partial charge in [-0.15, -0.1) is 0 Å². The van der Waals surface area contributed by atoms with Crippen LogP contribution in [-0.4, -0.2) is 50.2 Å². The molecule has 0 spiro atoms. The molecule has 6 heteroatoms. The number of rotatable bonds is 7. The number of fused-ring (bicyclic) bond motifs is 1. The molecule has 3 aromatic rings. The van der Waals surface area contributed by atoms with Crippen LogP contribution in [-0.2, 0) is 7.05 Å². The first-order valence-corrected chi connectivity index (χ1v) is 9.17. The van der Waals surface area contributed by atoms with Gasteiger partial charge in [-0.25, -0.2) is 0 Å². The van der Waals surface area contributed by atoms with E-state index in [1.807, 2.05) is 33.3 Å². The Morgan fingerprint density at radius 1 is 1.11 bits per heavy atom. The van der Waals surface area contributed by atoms with Crippen molar-refractivity contribution in [2.75, 3.05) is 34.9 Å². The lowest BCUT2D eigenvalue weighted by Crippen LogP contribution is -2.34. The number of para-hydroxylation sites is 2. The second kappa shape index (κ2) is 8.35. The summed E-state index contributed by atoms with van der Waals surface area (Å²) in [6, 6.07) is 13.6. The van der Waals surface area contributed by atoms with Crippen molar-refractivity contribution in [2.45, 2.75) is 6.04 Å². The maximum atomic E-state index is 12.8. The molecule has 0 bridgehead atoms. The van der Waals surface area contributed by atoms with E-state index in [1.165, 1.54) is 23.6 Å². The van der Waals surface area contributed by atoms with Crippen LogP contribution >= 0.6 is 0 Å². The van der Waals surface area contributed by atoms with Crippen LogP contribution in [0.4, 0.5) is 0 Å². The summed E-state index contributed by atoms with van der Waals surface area (Å²) in [6.45, 7) is 0.472. The first-order chi connectivity index (χ1) is 13.5. The smallest absolute Gasteiger partial charge is 0.255 e. The van der Waals surface area contributed by atoms with Crippen molar-refractivity contribution < 1.29 is 14.3 Å². The second-order valence-corrected chi connectivity index (χ2v) is 6.94. The third kappa shape index (κ3) is 3.68. The monoisotopic (exact) mass is 381 g/mol. The van der Waals surface area contributed by atoms with Crippen LogP contribution < -0.4 is 14.8 Å². The predicted octanol–water partition coefficient (Wildman–Crippen LogP) is 3.23. The molecular formula is C22H27N3O3. The number of benzene rings is 2. The van der Waals surface area contributed by atoms with E-state index >= 15 is 0 Å². The van der Waals surface area contributed by atoms with E-state index in [1.54, 1.807) is 25.3 Å². The molecule has 1 heterocycles. The molecule has 0 saturated heterocycles. The summed E-state index contributed by atoms with van der Waals surface area (Å²) in [4.78, 5) is 15.0. The Kier molecular flexibility index (Phi) is 5.90. The largest absolute Gasteiger partial charge is 0.493 e. The zero-order chi connectivity index (χ0) is 20.3. The molecule has 0 saturated carbocycles. The SMILES string of the molecule is COc1cccc(C(=O)NC[C@@H](c2cn(C)c3ccccc23)N(C)C)c1OC. The van der Waals surface area contributed by atoms with Crippen LogP contribution in [0, 0.1) is 0 Å². The highest BCUT2D eigenvalue weighted by Crippen LogP contribution is 2.31. The Morgan fingerprint density at radius 3 is 2.54 bits per heavy atom. The van der Waals surface area contributed by atoms with E-state index in [9.17, 15) is 4.79 Å². The van der Waals surface area contributed by atoms with E-state index in [0.29, 0.717) is 23.6 Å². The average Bonchev–Trinajstić information content (AvgIpc) is 3.03. The summed E-state index contributed by atoms with van der Waals surface area (Å²) in [7, 11) is 9.17. The molecule has 0 fully saturated rings. The molecule has 1 aromatic heterocycles. The van der Waals surface area contributed by atoms with Crippen LogP contribution in [0.3, 0.4) is 0 Å². The topological polar surface area (TPSA) is 55.7 Å². The maximum Gasteiger partial charge on any atom is 0.255 e. The molecule has 1 N–H and O–H groups in total. The van der Waals surface area contributed by atoms with Gasteiger partial charge in [0.2, 0.25) is 0 Å². The number of carbonyl (C=O) groups excluding carboxylic acids is 1. The molecule has 148 valence electrons. The number of methoxy groups -OCH3 is 2. The first kappa shape index (κ1) is 19.8. The minimum Gasteiger partial charge on any atom is -0.493 e. The molecule has 0 aliphatic carbocycles. The van der Waals surface area contributed by atoms with E-state index in [4.69, 9.17) is 9.47 Å². The Morgan fingerprint density at radius 2 is 1.86 bits per heavy atom. The Hall–Kier alpha value is -2.99. The van der Waals surface area contributed by atoms with E-state index < -0.39 is 0 Å². The number of aryl methyl sites for hydroxylation is 1. The Bertz CT molecular complexity index is 978. The van der Waals surface area contributed by atoms with E-state index in [2.05, 4.69) is 33.1 Å². The Balaban J connectivity index is 1.86. The van der Waals surface area contributed by atoms with Gasteiger partial charge < -0.3 is 24.3 Å². The van der Waals surface area contributed by atoms with Crippen molar-refractivity contribution in [2.24, 2.45) is 7.05 Å². The minimum atomic E-state index is -0.192. The van der Waals surface area contributed by atoms with Gasteiger partial charge in [-0.1, -0.05) is 24.3 Å². The van der Waals surface area contributed by atoms with Crippen molar-refractivity contribution in [3.05, 3.63) is 59.8 Å². The van der Waals surface area contributed by atoms with Crippen molar-refractivity contribution in [1.29, 1.82) is 0 Å². The molecule has 0 unspecified atom stereocenters. The average molecular weight is 381 g/mol. The maximum absolute atomic E-state index is 12.8. The van der Waals surface area contributed by atoms with Gasteiger partial charge >= 0.3 is 0 Å². The fraction of sp³-hybridized carbons (Fsp3) is 0.318. The number of likely N-dealkylation sites (N-methyl/N-ethyl adjacent to an activating group) is 1. The highest BCUT2D eigenvalue weighted by molar-refractivity contribution is 5.98. The first-order valence-electron chi connectivity index (χ1n) is 9.17. The number of hydrogen-bond donors (Lipinski definition) is 1. The van der Waals surface area contributed by atoms with Gasteiger partial charge in [0.25, 0.3) is 5.91 Å². The summed E-state index contributed by atoms with van der Waals surface area (Å²) < 4.78 is 12.8. The van der Waals surface area contributed by atoms with Crippen LogP contribution in [0.25, 0.3) is 10.9 Å². The summed E-state index contributed by atoms with van der Waals surface area (Å²) in [5, 5.41) is 4.25. The number of nitrogens with one attached hydrogen (secondary N) is 1. The molecule has 0 aliphatic rings. The summed E-state index contributed by atoms with van der Waals surface area (Å²) in [5.74, 6) is 0.783. The highest BCUT2D eigenvalue weighted by Gasteiger charge is 2.22. The van der Waals surface area contributed by atoms with Gasteiger partial charge in [-0.05, 0) is 37.9 Å². The molecule has 6 nitrogen and oxygen atoms in total. The van der Waals surface area contributed by atoms with Crippen LogP contribution in [0.1, 0.15) is 22.0 Å². The van der Waals surface area contributed by atoms with Crippen LogP contribution in [0.2, 0.25) is 0 Å². The normalized spacial score (nSPS) is 12.2. The predicted molar refractivity (Wildman–Crippen MR) is 111 cm³/mol. The fourth-order valence-electron chi connectivity index (χ4n) is 3.56. The van der Waals surface area contributed by atoms with Crippen LogP contribution in [0.5, 0.6) is 11.5 Å². The lowest BCUT2D eigenvalue weighted by molar-refractivity contribution is 0.0938. The summed E-state index contributed by atoms with van der Waals surface area (Å²) in [5.41, 5.74) is 2.81. The van der Waals surface area contributed by atoms with Gasteiger partial charge in [0, 0.05) is 30.7 Å². The third-order valence-electron chi connectivity index (χ3n) is 5.01. The summed E-state index contributed by atoms with van der Waals surface area (Å²) in [6.07, 6.45) is 2.13. The lowest BCUT2D eigenvalue weighted by Gasteiger charge is -2.25. The molecule has 3 rings (SSSR count). The van der Waals surface area contributed by atoms with Gasteiger partial charge in [0.05, 0.1) is 25.8 Å². The number of hydrogen-bond acceptors (Lipinski definition) is 4. The summed E-state index contributed by atoms with van der Waals surface area (Å²) >= 11 is 0. The van der Waals surface area contributed by atoms with Gasteiger partial charge in [0.1, 0.15) is 0 Å². The quantitative estimate of drug-likeness (QED) is 0.683. The number of nitrogens with zero attached hydrogens (tertiary/aromatic N) is 2. The third-order valence-corrected chi connectivity index (χ3v) is 5.01. The zero-order valence-electron chi connectivity index (χ0n) is 17.0. The molecule has 2 aromatic carbocycles. The van der Waals surface area contributed by atoms with Gasteiger partial charge in [0.15, 0.2) is 11.5 Å². The standard InChI is InChI=1S/C22H27N3O3/c1-24(2)19(17-14-25(3)18-11-7-6-9-15(17)18)13-23-22(26)16-10-8-12-20(27-4)21(16)28-5/h6-12,14,19H,13H2,1-5H3,(H,23,26)/t19-/m0/s1. The van der Waals surface area contributed by atoms with Gasteiger partial charge in [-0.2, -0.15) is 0 Å². The van der Waals surface area contributed by atoms with E-state index in [-0.39, 0.29) is 11.9 Å². The molecule has 28 heavy (non-hydrogen) atoms. The molecule has 1 amide bonds. The highest BCUT2D eigenvalue weighted by atomic mass is 16.5. The molecule has 0 radical (unpaired) electrons. The fourth-order valence-corrected chi connectivity index (χ4v) is 3.56. The zero-order valence-corrected chi connectivity index (χ0v) is 17.0. The van der Waals surface area contributed by atoms with E-state index in [0.717, 1.165) is 0 Å². The van der Waals surface area contributed by atoms with Crippen LogP contribution in [0.15, 0.2) is 48.7 Å². The van der Waals surface area contributed by atoms with Crippen molar-refractivity contribution in [3.8, 4) is 11.5 Å².